The minimum absolute atomic E-state index is 0.254. The summed E-state index contributed by atoms with van der Waals surface area (Å²) in [7, 11) is 0. The molecule has 1 saturated heterocycles. The van der Waals surface area contributed by atoms with E-state index < -0.39 is 0 Å². The minimum atomic E-state index is -0.254. The maximum atomic E-state index is 11.3. The normalized spacial score (nSPS) is 16.3. The van der Waals surface area contributed by atoms with Crippen molar-refractivity contribution in [2.24, 2.45) is 0 Å². The van der Waals surface area contributed by atoms with Gasteiger partial charge in [-0.05, 0) is 18.1 Å². The molecule has 0 aromatic carbocycles. The summed E-state index contributed by atoms with van der Waals surface area (Å²) in [5.41, 5.74) is 0.957. The maximum absolute atomic E-state index is 11.3. The molecule has 80 valence electrons. The molecule has 4 nitrogen and oxygen atoms in total. The van der Waals surface area contributed by atoms with E-state index in [4.69, 9.17) is 16.3 Å². The van der Waals surface area contributed by atoms with Crippen LogP contribution in [0.2, 0.25) is 5.15 Å². The standard InChI is InChI=1S/C10H11ClN2O2/c11-9-3-2-8(6-12-9)7-13-4-1-5-15-10(13)14/h2-3,6H,1,4-5,7H2. The molecule has 15 heavy (non-hydrogen) atoms. The highest BCUT2D eigenvalue weighted by Gasteiger charge is 2.19. The first-order valence-electron chi connectivity index (χ1n) is 4.78. The van der Waals surface area contributed by atoms with E-state index in [2.05, 4.69) is 4.98 Å². The van der Waals surface area contributed by atoms with Crippen LogP contribution in [0.5, 0.6) is 0 Å². The van der Waals surface area contributed by atoms with Crippen molar-refractivity contribution in [2.45, 2.75) is 13.0 Å². The van der Waals surface area contributed by atoms with Crippen molar-refractivity contribution < 1.29 is 9.53 Å². The second-order valence-electron chi connectivity index (χ2n) is 3.38. The van der Waals surface area contributed by atoms with E-state index in [0.29, 0.717) is 18.3 Å². The summed E-state index contributed by atoms with van der Waals surface area (Å²) in [6, 6.07) is 3.57. The third-order valence-corrected chi connectivity index (χ3v) is 2.44. The average molecular weight is 227 g/mol. The van der Waals surface area contributed by atoms with Gasteiger partial charge in [0.25, 0.3) is 0 Å². The largest absolute Gasteiger partial charge is 0.449 e. The van der Waals surface area contributed by atoms with Crippen molar-refractivity contribution in [3.8, 4) is 0 Å². The van der Waals surface area contributed by atoms with Gasteiger partial charge >= 0.3 is 6.09 Å². The maximum Gasteiger partial charge on any atom is 0.410 e. The number of cyclic esters (lactones) is 1. The molecular weight excluding hydrogens is 216 g/mol. The highest BCUT2D eigenvalue weighted by atomic mass is 35.5. The minimum Gasteiger partial charge on any atom is -0.449 e. The zero-order chi connectivity index (χ0) is 10.7. The van der Waals surface area contributed by atoms with Crippen LogP contribution in [0.25, 0.3) is 0 Å². The fourth-order valence-corrected chi connectivity index (χ4v) is 1.57. The molecule has 1 aliphatic rings. The first-order chi connectivity index (χ1) is 7.25. The van der Waals surface area contributed by atoms with Crippen LogP contribution >= 0.6 is 11.6 Å². The lowest BCUT2D eigenvalue weighted by Crippen LogP contribution is -2.37. The van der Waals surface area contributed by atoms with E-state index in [1.54, 1.807) is 17.2 Å². The molecule has 0 unspecified atom stereocenters. The predicted molar refractivity (Wildman–Crippen MR) is 55.6 cm³/mol. The Hall–Kier alpha value is -1.29. The molecular formula is C10H11ClN2O2. The van der Waals surface area contributed by atoms with Gasteiger partial charge in [0.15, 0.2) is 0 Å². The highest BCUT2D eigenvalue weighted by molar-refractivity contribution is 6.29. The van der Waals surface area contributed by atoms with Crippen LogP contribution in [-0.2, 0) is 11.3 Å². The number of rotatable bonds is 2. The van der Waals surface area contributed by atoms with Crippen molar-refractivity contribution in [3.05, 3.63) is 29.0 Å². The number of amides is 1. The Kier molecular flexibility index (Phi) is 3.06. The molecule has 0 aliphatic carbocycles. The van der Waals surface area contributed by atoms with Gasteiger partial charge in [0.1, 0.15) is 5.15 Å². The molecule has 0 N–H and O–H groups in total. The molecule has 0 saturated carbocycles. The molecule has 0 atom stereocenters. The topological polar surface area (TPSA) is 42.4 Å². The average Bonchev–Trinajstić information content (AvgIpc) is 2.25. The van der Waals surface area contributed by atoms with Gasteiger partial charge < -0.3 is 9.64 Å². The Balaban J connectivity index is 2.01. The fraction of sp³-hybridized carbons (Fsp3) is 0.400. The Morgan fingerprint density at radius 1 is 1.53 bits per heavy atom. The number of ether oxygens (including phenoxy) is 1. The lowest BCUT2D eigenvalue weighted by Gasteiger charge is -2.26. The summed E-state index contributed by atoms with van der Waals surface area (Å²) in [6.45, 7) is 1.79. The van der Waals surface area contributed by atoms with Crippen LogP contribution in [0, 0.1) is 0 Å². The van der Waals surface area contributed by atoms with Crippen LogP contribution < -0.4 is 0 Å². The van der Waals surface area contributed by atoms with E-state index >= 15 is 0 Å². The van der Waals surface area contributed by atoms with Crippen LogP contribution in [-0.4, -0.2) is 29.1 Å². The predicted octanol–water partition coefficient (Wildman–Crippen LogP) is 2.08. The van der Waals surface area contributed by atoms with Crippen molar-refractivity contribution in [1.82, 2.24) is 9.88 Å². The number of nitrogens with zero attached hydrogens (tertiary/aromatic N) is 2. The van der Waals surface area contributed by atoms with Gasteiger partial charge in [0.2, 0.25) is 0 Å². The van der Waals surface area contributed by atoms with E-state index in [9.17, 15) is 4.79 Å². The third kappa shape index (κ3) is 2.59. The zero-order valence-corrected chi connectivity index (χ0v) is 8.91. The van der Waals surface area contributed by atoms with Crippen molar-refractivity contribution >= 4 is 17.7 Å². The number of aromatic nitrogens is 1. The molecule has 0 radical (unpaired) electrons. The molecule has 5 heteroatoms. The molecule has 0 bridgehead atoms. The summed E-state index contributed by atoms with van der Waals surface area (Å²) >= 11 is 5.67. The van der Waals surface area contributed by atoms with E-state index in [0.717, 1.165) is 18.5 Å². The summed E-state index contributed by atoms with van der Waals surface area (Å²) in [5.74, 6) is 0. The number of hydrogen-bond acceptors (Lipinski definition) is 3. The Morgan fingerprint density at radius 3 is 3.07 bits per heavy atom. The number of hydrogen-bond donors (Lipinski definition) is 0. The molecule has 2 rings (SSSR count). The number of pyridine rings is 1. The van der Waals surface area contributed by atoms with Gasteiger partial charge in [-0.1, -0.05) is 17.7 Å². The quantitative estimate of drug-likeness (QED) is 0.725. The first-order valence-corrected chi connectivity index (χ1v) is 5.15. The Bertz CT molecular complexity index is 353. The summed E-state index contributed by atoms with van der Waals surface area (Å²) in [4.78, 5) is 16.9. The molecule has 1 aliphatic heterocycles. The van der Waals surface area contributed by atoms with Crippen LogP contribution in [0.1, 0.15) is 12.0 Å². The van der Waals surface area contributed by atoms with Crippen molar-refractivity contribution in [2.75, 3.05) is 13.2 Å². The van der Waals surface area contributed by atoms with E-state index in [1.165, 1.54) is 0 Å². The second kappa shape index (κ2) is 4.49. The molecule has 1 fully saturated rings. The molecule has 0 spiro atoms. The van der Waals surface area contributed by atoms with Crippen molar-refractivity contribution in [3.63, 3.8) is 0 Å². The summed E-state index contributed by atoms with van der Waals surface area (Å²) < 4.78 is 4.93. The fourth-order valence-electron chi connectivity index (χ4n) is 1.46. The Labute approximate surface area is 92.8 Å². The Morgan fingerprint density at radius 2 is 2.40 bits per heavy atom. The second-order valence-corrected chi connectivity index (χ2v) is 3.77. The SMILES string of the molecule is O=C1OCCCN1Cc1ccc(Cl)nc1. The van der Waals surface area contributed by atoms with E-state index in [1.807, 2.05) is 6.07 Å². The zero-order valence-electron chi connectivity index (χ0n) is 8.15. The van der Waals surface area contributed by atoms with Gasteiger partial charge in [-0.15, -0.1) is 0 Å². The van der Waals surface area contributed by atoms with Crippen LogP contribution in [0.4, 0.5) is 4.79 Å². The van der Waals surface area contributed by atoms with Gasteiger partial charge in [-0.3, -0.25) is 0 Å². The summed E-state index contributed by atoms with van der Waals surface area (Å²) in [5, 5.41) is 0.458. The van der Waals surface area contributed by atoms with Gasteiger partial charge in [-0.25, -0.2) is 9.78 Å². The molecule has 1 aromatic heterocycles. The van der Waals surface area contributed by atoms with Gasteiger partial charge in [0, 0.05) is 12.7 Å². The van der Waals surface area contributed by atoms with Crippen LogP contribution in [0.15, 0.2) is 18.3 Å². The van der Waals surface area contributed by atoms with E-state index in [-0.39, 0.29) is 6.09 Å². The molecule has 2 heterocycles. The van der Waals surface area contributed by atoms with Gasteiger partial charge in [0.05, 0.1) is 13.2 Å². The van der Waals surface area contributed by atoms with Gasteiger partial charge in [-0.2, -0.15) is 0 Å². The lowest BCUT2D eigenvalue weighted by atomic mass is 10.2. The van der Waals surface area contributed by atoms with Crippen LogP contribution in [0.3, 0.4) is 0 Å². The lowest BCUT2D eigenvalue weighted by molar-refractivity contribution is 0.0700. The third-order valence-electron chi connectivity index (χ3n) is 2.22. The molecule has 1 aromatic rings. The van der Waals surface area contributed by atoms with Crippen molar-refractivity contribution in [1.29, 1.82) is 0 Å². The molecule has 1 amide bonds. The highest BCUT2D eigenvalue weighted by Crippen LogP contribution is 2.11. The monoisotopic (exact) mass is 226 g/mol. The number of halogens is 1. The smallest absolute Gasteiger partial charge is 0.410 e. The first kappa shape index (κ1) is 10.2. The number of carbonyl (C=O) groups is 1. The summed E-state index contributed by atoms with van der Waals surface area (Å²) in [6.07, 6.45) is 2.30. The number of carbonyl (C=O) groups excluding carboxylic acids is 1.